The van der Waals surface area contributed by atoms with Crippen LogP contribution < -0.4 is 0 Å². The summed E-state index contributed by atoms with van der Waals surface area (Å²) in [5, 5.41) is 0. The maximum Gasteiger partial charge on any atom is 0.235 e. The van der Waals surface area contributed by atoms with E-state index in [2.05, 4.69) is 4.99 Å². The van der Waals surface area contributed by atoms with E-state index in [-0.39, 0.29) is 0 Å². The number of aliphatic imine (C=N–C) groups is 1. The fourth-order valence-corrected chi connectivity index (χ4v) is 1.06. The van der Waals surface area contributed by atoms with Crippen molar-refractivity contribution in [3.8, 4) is 0 Å². The van der Waals surface area contributed by atoms with Gasteiger partial charge in [-0.25, -0.2) is 13.6 Å². The summed E-state index contributed by atoms with van der Waals surface area (Å²) in [6, 6.07) is 3.42. The first-order chi connectivity index (χ1) is 6.47. The Morgan fingerprint density at radius 1 is 1.29 bits per heavy atom. The highest BCUT2D eigenvalue weighted by atomic mass is 19.2. The van der Waals surface area contributed by atoms with Gasteiger partial charge in [0.1, 0.15) is 0 Å². The molecule has 0 N–H and O–H groups in total. The first kappa shape index (κ1) is 10.5. The van der Waals surface area contributed by atoms with E-state index in [1.165, 1.54) is 12.1 Å². The van der Waals surface area contributed by atoms with Crippen LogP contribution in [0.2, 0.25) is 0 Å². The first-order valence-corrected chi connectivity index (χ1v) is 4.02. The molecule has 0 aliphatic carbocycles. The molecule has 74 valence electrons. The lowest BCUT2D eigenvalue weighted by molar-refractivity contribution is 0.491. The zero-order valence-corrected chi connectivity index (χ0v) is 7.84. The summed E-state index contributed by atoms with van der Waals surface area (Å²) < 4.78 is 25.4. The highest BCUT2D eigenvalue weighted by Gasteiger charge is 2.20. The van der Waals surface area contributed by atoms with Gasteiger partial charge in [-0.3, -0.25) is 0 Å². The largest absolute Gasteiger partial charge is 0.235 e. The molecule has 0 saturated carbocycles. The second-order valence-electron chi connectivity index (χ2n) is 3.39. The van der Waals surface area contributed by atoms with E-state index in [1.807, 2.05) is 0 Å². The number of isocyanates is 1. The fraction of sp³-hybridized carbons (Fsp3) is 0.300. The van der Waals surface area contributed by atoms with Crippen LogP contribution in [-0.2, 0) is 10.3 Å². The lowest BCUT2D eigenvalue weighted by Gasteiger charge is -2.17. The number of rotatable bonds is 2. The van der Waals surface area contributed by atoms with Crippen LogP contribution in [0.5, 0.6) is 0 Å². The molecule has 0 radical (unpaired) electrons. The summed E-state index contributed by atoms with van der Waals surface area (Å²) in [5.41, 5.74) is -0.448. The summed E-state index contributed by atoms with van der Waals surface area (Å²) in [6.07, 6.45) is 1.40. The van der Waals surface area contributed by atoms with Gasteiger partial charge in [0.15, 0.2) is 11.6 Å². The van der Waals surface area contributed by atoms with Gasteiger partial charge in [0.2, 0.25) is 6.08 Å². The summed E-state index contributed by atoms with van der Waals surface area (Å²) in [7, 11) is 0. The molecule has 0 unspecified atom stereocenters. The van der Waals surface area contributed by atoms with Crippen LogP contribution in [0, 0.1) is 11.6 Å². The molecule has 0 bridgehead atoms. The van der Waals surface area contributed by atoms with Crippen molar-refractivity contribution in [2.75, 3.05) is 0 Å². The van der Waals surface area contributed by atoms with Gasteiger partial charge >= 0.3 is 0 Å². The molecule has 0 fully saturated rings. The summed E-state index contributed by atoms with van der Waals surface area (Å²) in [5.74, 6) is -1.86. The molecule has 0 aromatic heterocycles. The number of carbonyl (C=O) groups excluding carboxylic acids is 1. The number of nitrogens with zero attached hydrogens (tertiary/aromatic N) is 1. The minimum Gasteiger partial charge on any atom is -0.211 e. The SMILES string of the molecule is CC(C)(N=C=O)c1ccc(F)c(F)c1. The quantitative estimate of drug-likeness (QED) is 0.529. The van der Waals surface area contributed by atoms with Crippen LogP contribution in [0.4, 0.5) is 8.78 Å². The molecule has 0 saturated heterocycles. The van der Waals surface area contributed by atoms with E-state index in [0.29, 0.717) is 5.56 Å². The zero-order valence-electron chi connectivity index (χ0n) is 7.84. The number of hydrogen-bond donors (Lipinski definition) is 0. The minimum absolute atomic E-state index is 0.430. The minimum atomic E-state index is -0.948. The van der Waals surface area contributed by atoms with Crippen LogP contribution in [0.15, 0.2) is 23.2 Å². The van der Waals surface area contributed by atoms with E-state index in [9.17, 15) is 13.6 Å². The third-order valence-electron chi connectivity index (χ3n) is 1.95. The normalized spacial score (nSPS) is 10.9. The molecule has 0 spiro atoms. The second kappa shape index (κ2) is 3.68. The summed E-state index contributed by atoms with van der Waals surface area (Å²) >= 11 is 0. The van der Waals surface area contributed by atoms with Crippen molar-refractivity contribution in [2.24, 2.45) is 4.99 Å². The van der Waals surface area contributed by atoms with E-state index < -0.39 is 17.2 Å². The van der Waals surface area contributed by atoms with E-state index in [4.69, 9.17) is 0 Å². The molecule has 0 amide bonds. The molecule has 0 heterocycles. The highest BCUT2D eigenvalue weighted by Crippen LogP contribution is 2.25. The molecule has 0 aliphatic rings. The summed E-state index contributed by atoms with van der Waals surface area (Å²) in [6.45, 7) is 3.23. The Labute approximate surface area is 80.3 Å². The lowest BCUT2D eigenvalue weighted by Crippen LogP contribution is -2.13. The Hall–Kier alpha value is -1.54. The highest BCUT2D eigenvalue weighted by molar-refractivity contribution is 5.37. The van der Waals surface area contributed by atoms with Gasteiger partial charge in [-0.05, 0) is 31.5 Å². The van der Waals surface area contributed by atoms with Gasteiger partial charge in [-0.2, -0.15) is 4.99 Å². The van der Waals surface area contributed by atoms with E-state index in [1.54, 1.807) is 13.8 Å². The Kier molecular flexibility index (Phi) is 2.77. The second-order valence-corrected chi connectivity index (χ2v) is 3.39. The molecule has 1 rings (SSSR count). The number of benzene rings is 1. The predicted octanol–water partition coefficient (Wildman–Crippen LogP) is 2.54. The van der Waals surface area contributed by atoms with Gasteiger partial charge in [-0.1, -0.05) is 6.07 Å². The van der Waals surface area contributed by atoms with Crippen molar-refractivity contribution in [1.82, 2.24) is 0 Å². The lowest BCUT2D eigenvalue weighted by atomic mass is 9.95. The maximum absolute atomic E-state index is 12.8. The van der Waals surface area contributed by atoms with Crippen molar-refractivity contribution in [3.63, 3.8) is 0 Å². The Bertz CT molecular complexity index is 395. The van der Waals surface area contributed by atoms with Crippen molar-refractivity contribution in [2.45, 2.75) is 19.4 Å². The maximum atomic E-state index is 12.8. The van der Waals surface area contributed by atoms with Crippen LogP contribution in [0.25, 0.3) is 0 Å². The van der Waals surface area contributed by atoms with Gasteiger partial charge in [0.25, 0.3) is 0 Å². The van der Waals surface area contributed by atoms with E-state index in [0.717, 1.165) is 12.1 Å². The molecule has 14 heavy (non-hydrogen) atoms. The molecular formula is C10H9F2NO. The number of halogens is 2. The molecule has 2 nitrogen and oxygen atoms in total. The molecule has 4 heteroatoms. The molecule has 0 aliphatic heterocycles. The Morgan fingerprint density at radius 3 is 2.43 bits per heavy atom. The third kappa shape index (κ3) is 2.03. The number of hydrogen-bond acceptors (Lipinski definition) is 2. The molecule has 1 aromatic carbocycles. The van der Waals surface area contributed by atoms with Crippen molar-refractivity contribution in [1.29, 1.82) is 0 Å². The standard InChI is InChI=1S/C10H9F2NO/c1-10(2,13-6-14)7-3-4-8(11)9(12)5-7/h3-5H,1-2H3. The zero-order chi connectivity index (χ0) is 10.8. The summed E-state index contributed by atoms with van der Waals surface area (Å²) in [4.78, 5) is 13.6. The smallest absolute Gasteiger partial charge is 0.211 e. The predicted molar refractivity (Wildman–Crippen MR) is 47.5 cm³/mol. The van der Waals surface area contributed by atoms with Crippen molar-refractivity contribution < 1.29 is 13.6 Å². The van der Waals surface area contributed by atoms with Crippen molar-refractivity contribution >= 4 is 6.08 Å². The van der Waals surface area contributed by atoms with Gasteiger partial charge in [0.05, 0.1) is 5.54 Å². The first-order valence-electron chi connectivity index (χ1n) is 4.02. The van der Waals surface area contributed by atoms with Gasteiger partial charge in [0, 0.05) is 0 Å². The van der Waals surface area contributed by atoms with E-state index >= 15 is 0 Å². The van der Waals surface area contributed by atoms with Crippen LogP contribution in [0.1, 0.15) is 19.4 Å². The molecular weight excluding hydrogens is 188 g/mol. The van der Waals surface area contributed by atoms with Crippen LogP contribution in [0.3, 0.4) is 0 Å². The molecule has 1 aromatic rings. The topological polar surface area (TPSA) is 29.4 Å². The average molecular weight is 197 g/mol. The van der Waals surface area contributed by atoms with Crippen molar-refractivity contribution in [3.05, 3.63) is 35.4 Å². The van der Waals surface area contributed by atoms with Gasteiger partial charge in [-0.15, -0.1) is 0 Å². The van der Waals surface area contributed by atoms with Crippen LogP contribution >= 0.6 is 0 Å². The van der Waals surface area contributed by atoms with Gasteiger partial charge < -0.3 is 0 Å². The monoisotopic (exact) mass is 197 g/mol. The Morgan fingerprint density at radius 2 is 1.93 bits per heavy atom. The molecule has 0 atom stereocenters. The third-order valence-corrected chi connectivity index (χ3v) is 1.95. The Balaban J connectivity index is 3.20. The average Bonchev–Trinajstić information content (AvgIpc) is 2.09. The van der Waals surface area contributed by atoms with Crippen LogP contribution in [-0.4, -0.2) is 6.08 Å². The fourth-order valence-electron chi connectivity index (χ4n) is 1.06.